The predicted molar refractivity (Wildman–Crippen MR) is 82.7 cm³/mol. The van der Waals surface area contributed by atoms with Crippen LogP contribution in [0.15, 0.2) is 35.1 Å². The van der Waals surface area contributed by atoms with Gasteiger partial charge in [-0.15, -0.1) is 0 Å². The van der Waals surface area contributed by atoms with Gasteiger partial charge >= 0.3 is 0 Å². The van der Waals surface area contributed by atoms with Crippen molar-refractivity contribution >= 4 is 23.2 Å². The van der Waals surface area contributed by atoms with Crippen molar-refractivity contribution in [3.63, 3.8) is 0 Å². The summed E-state index contributed by atoms with van der Waals surface area (Å²) < 4.78 is 1.33. The molecule has 1 amide bonds. The lowest BCUT2D eigenvalue weighted by Crippen LogP contribution is -2.30. The highest BCUT2D eigenvalue weighted by Crippen LogP contribution is 2.13. The van der Waals surface area contributed by atoms with Gasteiger partial charge in [0, 0.05) is 18.2 Å². The normalized spacial score (nSPS) is 10.4. The number of amides is 1. The number of anilines is 1. The fraction of sp³-hybridized carbons (Fsp3) is 0.267. The largest absolute Gasteiger partial charge is 0.324 e. The summed E-state index contributed by atoms with van der Waals surface area (Å²) in [5, 5.41) is 2.94. The van der Waals surface area contributed by atoms with Crippen molar-refractivity contribution in [1.82, 2.24) is 9.55 Å². The van der Waals surface area contributed by atoms with E-state index in [1.807, 2.05) is 38.1 Å². The number of benzene rings is 1. The summed E-state index contributed by atoms with van der Waals surface area (Å²) >= 11 is 5.76. The third kappa shape index (κ3) is 3.70. The van der Waals surface area contributed by atoms with Crippen molar-refractivity contribution in [2.45, 2.75) is 26.8 Å². The van der Waals surface area contributed by atoms with Crippen LogP contribution in [0.25, 0.3) is 0 Å². The number of carbonyl (C=O) groups is 1. The van der Waals surface area contributed by atoms with E-state index in [0.717, 1.165) is 11.3 Å². The molecule has 0 saturated heterocycles. The van der Waals surface area contributed by atoms with Gasteiger partial charge < -0.3 is 5.32 Å². The van der Waals surface area contributed by atoms with Crippen molar-refractivity contribution in [2.75, 3.05) is 5.32 Å². The standard InChI is InChI=1S/C15H16ClN3O2/c1-3-13-18-12(16)8-15(21)19(13)9-14(20)17-11-7-5-4-6-10(11)2/h4-8H,3,9H2,1-2H3,(H,17,20). The summed E-state index contributed by atoms with van der Waals surface area (Å²) in [6.45, 7) is 3.68. The molecular weight excluding hydrogens is 290 g/mol. The Labute approximate surface area is 127 Å². The second-order valence-electron chi connectivity index (χ2n) is 4.64. The highest BCUT2D eigenvalue weighted by atomic mass is 35.5. The number of hydrogen-bond donors (Lipinski definition) is 1. The molecule has 0 fully saturated rings. The third-order valence-corrected chi connectivity index (χ3v) is 3.29. The molecule has 2 rings (SSSR count). The van der Waals surface area contributed by atoms with Crippen LogP contribution in [-0.2, 0) is 17.8 Å². The molecule has 6 heteroatoms. The maximum absolute atomic E-state index is 12.1. The van der Waals surface area contributed by atoms with Gasteiger partial charge in [0.1, 0.15) is 17.5 Å². The third-order valence-electron chi connectivity index (χ3n) is 3.09. The van der Waals surface area contributed by atoms with E-state index in [2.05, 4.69) is 10.3 Å². The molecule has 0 atom stereocenters. The van der Waals surface area contributed by atoms with Gasteiger partial charge in [-0.2, -0.15) is 0 Å². The van der Waals surface area contributed by atoms with Crippen LogP contribution in [0.5, 0.6) is 0 Å². The van der Waals surface area contributed by atoms with Gasteiger partial charge in [-0.25, -0.2) is 4.98 Å². The Morgan fingerprint density at radius 3 is 2.76 bits per heavy atom. The van der Waals surface area contributed by atoms with E-state index in [-0.39, 0.29) is 23.2 Å². The van der Waals surface area contributed by atoms with Crippen LogP contribution in [0.3, 0.4) is 0 Å². The Balaban J connectivity index is 2.21. The highest BCUT2D eigenvalue weighted by molar-refractivity contribution is 6.29. The molecule has 1 heterocycles. The monoisotopic (exact) mass is 305 g/mol. The summed E-state index contributed by atoms with van der Waals surface area (Å²) in [7, 11) is 0. The minimum Gasteiger partial charge on any atom is -0.324 e. The van der Waals surface area contributed by atoms with Gasteiger partial charge in [-0.1, -0.05) is 36.7 Å². The van der Waals surface area contributed by atoms with E-state index in [9.17, 15) is 9.59 Å². The summed E-state index contributed by atoms with van der Waals surface area (Å²) in [5.41, 5.74) is 1.37. The van der Waals surface area contributed by atoms with Gasteiger partial charge in [-0.3, -0.25) is 14.2 Å². The van der Waals surface area contributed by atoms with E-state index in [1.165, 1.54) is 10.6 Å². The Bertz CT molecular complexity index is 725. The molecule has 0 aliphatic carbocycles. The molecule has 21 heavy (non-hydrogen) atoms. The Hall–Kier alpha value is -2.14. The summed E-state index contributed by atoms with van der Waals surface area (Å²) in [6.07, 6.45) is 0.521. The van der Waals surface area contributed by atoms with Gasteiger partial charge in [0.25, 0.3) is 5.56 Å². The number of para-hydroxylation sites is 1. The number of carbonyl (C=O) groups excluding carboxylic acids is 1. The first kappa shape index (κ1) is 15.3. The van der Waals surface area contributed by atoms with Gasteiger partial charge in [0.15, 0.2) is 0 Å². The number of rotatable bonds is 4. The zero-order valence-corrected chi connectivity index (χ0v) is 12.6. The first-order valence-electron chi connectivity index (χ1n) is 6.63. The van der Waals surface area contributed by atoms with Gasteiger partial charge in [-0.05, 0) is 18.6 Å². The average Bonchev–Trinajstić information content (AvgIpc) is 2.44. The zero-order chi connectivity index (χ0) is 15.4. The van der Waals surface area contributed by atoms with Crippen molar-refractivity contribution in [2.24, 2.45) is 0 Å². The number of halogens is 1. The molecule has 5 nitrogen and oxygen atoms in total. The van der Waals surface area contributed by atoms with Crippen molar-refractivity contribution in [3.8, 4) is 0 Å². The lowest BCUT2D eigenvalue weighted by atomic mass is 10.2. The molecule has 2 aromatic rings. The van der Waals surface area contributed by atoms with E-state index >= 15 is 0 Å². The molecule has 0 unspecified atom stereocenters. The van der Waals surface area contributed by atoms with Gasteiger partial charge in [0.2, 0.25) is 5.91 Å². The van der Waals surface area contributed by atoms with Crippen molar-refractivity contribution in [1.29, 1.82) is 0 Å². The van der Waals surface area contributed by atoms with Crippen molar-refractivity contribution in [3.05, 3.63) is 57.2 Å². The highest BCUT2D eigenvalue weighted by Gasteiger charge is 2.11. The molecule has 0 spiro atoms. The fourth-order valence-corrected chi connectivity index (χ4v) is 2.20. The lowest BCUT2D eigenvalue weighted by molar-refractivity contribution is -0.116. The Kier molecular flexibility index (Phi) is 4.75. The van der Waals surface area contributed by atoms with Crippen molar-refractivity contribution < 1.29 is 4.79 Å². The molecule has 1 aromatic heterocycles. The van der Waals surface area contributed by atoms with Crippen LogP contribution in [0.4, 0.5) is 5.69 Å². The first-order valence-corrected chi connectivity index (χ1v) is 7.00. The number of hydrogen-bond acceptors (Lipinski definition) is 3. The summed E-state index contributed by atoms with van der Waals surface area (Å²) in [4.78, 5) is 28.1. The molecule has 0 bridgehead atoms. The van der Waals surface area contributed by atoms with Crippen LogP contribution in [-0.4, -0.2) is 15.5 Å². The molecule has 0 saturated carbocycles. The Morgan fingerprint density at radius 2 is 2.10 bits per heavy atom. The molecule has 1 N–H and O–H groups in total. The number of nitrogens with zero attached hydrogens (tertiary/aromatic N) is 2. The first-order chi connectivity index (χ1) is 10.0. The average molecular weight is 306 g/mol. The molecule has 110 valence electrons. The van der Waals surface area contributed by atoms with Gasteiger partial charge in [0.05, 0.1) is 0 Å². The molecule has 1 aromatic carbocycles. The maximum atomic E-state index is 12.1. The van der Waals surface area contributed by atoms with Crippen LogP contribution >= 0.6 is 11.6 Å². The number of nitrogens with one attached hydrogen (secondary N) is 1. The number of aryl methyl sites for hydroxylation is 2. The zero-order valence-electron chi connectivity index (χ0n) is 11.9. The minimum absolute atomic E-state index is 0.0828. The minimum atomic E-state index is -0.327. The molecule has 0 aliphatic rings. The fourth-order valence-electron chi connectivity index (χ4n) is 2.01. The van der Waals surface area contributed by atoms with E-state index < -0.39 is 0 Å². The molecule has 0 radical (unpaired) electrons. The molecular formula is C15H16ClN3O2. The lowest BCUT2D eigenvalue weighted by Gasteiger charge is -2.12. The van der Waals surface area contributed by atoms with Crippen LogP contribution < -0.4 is 10.9 Å². The second-order valence-corrected chi connectivity index (χ2v) is 5.02. The summed E-state index contributed by atoms with van der Waals surface area (Å²) in [6, 6.07) is 8.67. The second kappa shape index (κ2) is 6.54. The number of aromatic nitrogens is 2. The smallest absolute Gasteiger partial charge is 0.255 e. The maximum Gasteiger partial charge on any atom is 0.255 e. The van der Waals surface area contributed by atoms with E-state index in [0.29, 0.717) is 12.2 Å². The van der Waals surface area contributed by atoms with E-state index in [1.54, 1.807) is 0 Å². The van der Waals surface area contributed by atoms with E-state index in [4.69, 9.17) is 11.6 Å². The van der Waals surface area contributed by atoms with Crippen LogP contribution in [0.1, 0.15) is 18.3 Å². The summed E-state index contributed by atoms with van der Waals surface area (Å²) in [5.74, 6) is 0.220. The SMILES string of the molecule is CCc1nc(Cl)cc(=O)n1CC(=O)Nc1ccccc1C. The Morgan fingerprint density at radius 1 is 1.38 bits per heavy atom. The molecule has 0 aliphatic heterocycles. The van der Waals surface area contributed by atoms with Crippen LogP contribution in [0, 0.1) is 6.92 Å². The predicted octanol–water partition coefficient (Wildman–Crippen LogP) is 2.41. The topological polar surface area (TPSA) is 64.0 Å². The quantitative estimate of drug-likeness (QED) is 0.882. The van der Waals surface area contributed by atoms with Crippen LogP contribution in [0.2, 0.25) is 5.15 Å².